The van der Waals surface area contributed by atoms with E-state index >= 15 is 0 Å². The number of carbonyl (C=O) groups excluding carboxylic acids is 1. The SMILES string of the molecule is Cc1onc(-c2ccccc2Cl)c1C(=O)Nc1nc(-c2cccc3ccccc23)cs1. The van der Waals surface area contributed by atoms with Gasteiger partial charge in [-0.2, -0.15) is 0 Å². The number of nitrogens with one attached hydrogen (secondary N) is 1. The van der Waals surface area contributed by atoms with E-state index in [9.17, 15) is 4.79 Å². The van der Waals surface area contributed by atoms with Gasteiger partial charge in [-0.1, -0.05) is 77.4 Å². The fraction of sp³-hybridized carbons (Fsp3) is 0.0417. The molecule has 3 aromatic carbocycles. The van der Waals surface area contributed by atoms with Crippen LogP contribution in [0.4, 0.5) is 5.13 Å². The van der Waals surface area contributed by atoms with E-state index in [1.54, 1.807) is 19.1 Å². The van der Waals surface area contributed by atoms with Crippen molar-refractivity contribution in [2.75, 3.05) is 5.32 Å². The van der Waals surface area contributed by atoms with Crippen molar-refractivity contribution in [1.82, 2.24) is 10.1 Å². The third-order valence-electron chi connectivity index (χ3n) is 5.01. The number of thiazole rings is 1. The van der Waals surface area contributed by atoms with Crippen LogP contribution in [-0.2, 0) is 0 Å². The van der Waals surface area contributed by atoms with E-state index in [0.29, 0.717) is 32.7 Å². The van der Waals surface area contributed by atoms with Gasteiger partial charge >= 0.3 is 0 Å². The number of hydrogen-bond donors (Lipinski definition) is 1. The van der Waals surface area contributed by atoms with Crippen molar-refractivity contribution < 1.29 is 9.32 Å². The van der Waals surface area contributed by atoms with Gasteiger partial charge in [-0.15, -0.1) is 11.3 Å². The number of amides is 1. The Labute approximate surface area is 187 Å². The Morgan fingerprint density at radius 1 is 1.00 bits per heavy atom. The van der Waals surface area contributed by atoms with Crippen molar-refractivity contribution in [3.8, 4) is 22.5 Å². The second-order valence-electron chi connectivity index (χ2n) is 6.96. The first-order valence-electron chi connectivity index (χ1n) is 9.58. The second-order valence-corrected chi connectivity index (χ2v) is 8.23. The molecule has 5 nitrogen and oxygen atoms in total. The van der Waals surface area contributed by atoms with Crippen LogP contribution in [0.1, 0.15) is 16.1 Å². The summed E-state index contributed by atoms with van der Waals surface area (Å²) in [6.07, 6.45) is 0. The zero-order valence-corrected chi connectivity index (χ0v) is 18.0. The number of nitrogens with zero attached hydrogens (tertiary/aromatic N) is 2. The normalized spacial score (nSPS) is 11.0. The standard InChI is InChI=1S/C24H16ClN3O2S/c1-14-21(22(28-30-14)18-10-4-5-12-19(18)25)23(29)27-24-26-20(13-31-24)17-11-6-8-15-7-2-3-9-16(15)17/h2-13H,1H3,(H,26,27,29). The molecule has 5 rings (SSSR count). The first kappa shape index (κ1) is 19.5. The molecule has 0 bridgehead atoms. The summed E-state index contributed by atoms with van der Waals surface area (Å²) in [5.74, 6) is 0.0748. The lowest BCUT2D eigenvalue weighted by Crippen LogP contribution is -2.13. The van der Waals surface area contributed by atoms with Crippen molar-refractivity contribution in [1.29, 1.82) is 0 Å². The van der Waals surface area contributed by atoms with Crippen LogP contribution in [0.3, 0.4) is 0 Å². The van der Waals surface area contributed by atoms with Gasteiger partial charge in [0.1, 0.15) is 17.0 Å². The first-order chi connectivity index (χ1) is 15.1. The van der Waals surface area contributed by atoms with Gasteiger partial charge in [0.15, 0.2) is 5.13 Å². The van der Waals surface area contributed by atoms with Gasteiger partial charge in [-0.25, -0.2) is 4.98 Å². The summed E-state index contributed by atoms with van der Waals surface area (Å²) in [5, 5.41) is 12.1. The summed E-state index contributed by atoms with van der Waals surface area (Å²) in [6, 6.07) is 21.5. The summed E-state index contributed by atoms with van der Waals surface area (Å²) < 4.78 is 5.30. The van der Waals surface area contributed by atoms with E-state index in [1.807, 2.05) is 41.8 Å². The van der Waals surface area contributed by atoms with E-state index in [1.165, 1.54) is 11.3 Å². The number of hydrogen-bond acceptors (Lipinski definition) is 5. The van der Waals surface area contributed by atoms with Gasteiger partial charge < -0.3 is 4.52 Å². The van der Waals surface area contributed by atoms with Gasteiger partial charge in [-0.3, -0.25) is 10.1 Å². The van der Waals surface area contributed by atoms with Crippen LogP contribution in [-0.4, -0.2) is 16.0 Å². The maximum Gasteiger partial charge on any atom is 0.263 e. The molecule has 0 unspecified atom stereocenters. The highest BCUT2D eigenvalue weighted by molar-refractivity contribution is 7.14. The van der Waals surface area contributed by atoms with Crippen LogP contribution in [0.2, 0.25) is 5.02 Å². The molecule has 1 amide bonds. The quantitative estimate of drug-likeness (QED) is 0.329. The molecule has 2 heterocycles. The van der Waals surface area contributed by atoms with E-state index in [0.717, 1.165) is 22.0 Å². The van der Waals surface area contributed by atoms with Crippen molar-refractivity contribution in [3.05, 3.63) is 88.5 Å². The summed E-state index contributed by atoms with van der Waals surface area (Å²) in [6.45, 7) is 1.70. The molecule has 0 fully saturated rings. The molecule has 0 aliphatic heterocycles. The molecule has 2 aromatic heterocycles. The second kappa shape index (κ2) is 7.98. The molecule has 31 heavy (non-hydrogen) atoms. The van der Waals surface area contributed by atoms with Crippen molar-refractivity contribution >= 4 is 44.7 Å². The fourth-order valence-corrected chi connectivity index (χ4v) is 4.47. The molecule has 152 valence electrons. The number of aryl methyl sites for hydroxylation is 1. The van der Waals surface area contributed by atoms with Crippen LogP contribution in [0.15, 0.2) is 76.6 Å². The smallest absolute Gasteiger partial charge is 0.263 e. The lowest BCUT2D eigenvalue weighted by atomic mass is 10.0. The van der Waals surface area contributed by atoms with E-state index in [-0.39, 0.29) is 5.91 Å². The Morgan fingerprint density at radius 3 is 2.61 bits per heavy atom. The predicted octanol–water partition coefficient (Wildman–Crippen LogP) is 6.83. The number of rotatable bonds is 4. The molecule has 0 saturated carbocycles. The molecule has 0 radical (unpaired) electrons. The summed E-state index contributed by atoms with van der Waals surface area (Å²) in [7, 11) is 0. The molecule has 1 N–H and O–H groups in total. The molecule has 0 atom stereocenters. The molecule has 0 aliphatic rings. The van der Waals surface area contributed by atoms with Gasteiger partial charge in [-0.05, 0) is 23.8 Å². The lowest BCUT2D eigenvalue weighted by Gasteiger charge is -2.05. The van der Waals surface area contributed by atoms with Crippen LogP contribution < -0.4 is 5.32 Å². The minimum atomic E-state index is -0.340. The molecular weight excluding hydrogens is 430 g/mol. The molecule has 7 heteroatoms. The number of anilines is 1. The maximum absolute atomic E-state index is 13.1. The molecule has 5 aromatic rings. The Hall–Kier alpha value is -3.48. The van der Waals surface area contributed by atoms with Gasteiger partial charge in [0.2, 0.25) is 0 Å². The highest BCUT2D eigenvalue weighted by atomic mass is 35.5. The Morgan fingerprint density at radius 2 is 1.74 bits per heavy atom. The molecule has 0 aliphatic carbocycles. The summed E-state index contributed by atoms with van der Waals surface area (Å²) in [5.41, 5.74) is 3.22. The molecule has 0 spiro atoms. The third kappa shape index (κ3) is 3.60. The van der Waals surface area contributed by atoms with Crippen LogP contribution >= 0.6 is 22.9 Å². The van der Waals surface area contributed by atoms with Crippen LogP contribution in [0.5, 0.6) is 0 Å². The Balaban J connectivity index is 1.46. The average molecular weight is 446 g/mol. The predicted molar refractivity (Wildman–Crippen MR) is 125 cm³/mol. The van der Waals surface area contributed by atoms with Gasteiger partial charge in [0.25, 0.3) is 5.91 Å². The van der Waals surface area contributed by atoms with E-state index in [4.69, 9.17) is 16.1 Å². The number of halogens is 1. The van der Waals surface area contributed by atoms with Crippen molar-refractivity contribution in [2.24, 2.45) is 0 Å². The van der Waals surface area contributed by atoms with Crippen LogP contribution in [0, 0.1) is 6.92 Å². The van der Waals surface area contributed by atoms with E-state index < -0.39 is 0 Å². The van der Waals surface area contributed by atoms with Crippen LogP contribution in [0.25, 0.3) is 33.3 Å². The average Bonchev–Trinajstić information content (AvgIpc) is 3.40. The maximum atomic E-state index is 13.1. The number of aromatic nitrogens is 2. The number of carbonyl (C=O) groups is 1. The number of benzene rings is 3. The Kier molecular flexibility index (Phi) is 5.02. The minimum absolute atomic E-state index is 0.340. The highest BCUT2D eigenvalue weighted by Gasteiger charge is 2.24. The van der Waals surface area contributed by atoms with Crippen molar-refractivity contribution in [2.45, 2.75) is 6.92 Å². The fourth-order valence-electron chi connectivity index (χ4n) is 3.54. The van der Waals surface area contributed by atoms with E-state index in [2.05, 4.69) is 33.7 Å². The Bertz CT molecular complexity index is 1420. The molecule has 0 saturated heterocycles. The minimum Gasteiger partial charge on any atom is -0.360 e. The highest BCUT2D eigenvalue weighted by Crippen LogP contribution is 2.33. The van der Waals surface area contributed by atoms with Gasteiger partial charge in [0.05, 0.1) is 10.7 Å². The number of fused-ring (bicyclic) bond motifs is 1. The topological polar surface area (TPSA) is 68.0 Å². The van der Waals surface area contributed by atoms with Gasteiger partial charge in [0, 0.05) is 16.5 Å². The summed E-state index contributed by atoms with van der Waals surface area (Å²) in [4.78, 5) is 17.7. The third-order valence-corrected chi connectivity index (χ3v) is 6.10. The lowest BCUT2D eigenvalue weighted by molar-refractivity contribution is 0.102. The zero-order valence-electron chi connectivity index (χ0n) is 16.4. The largest absolute Gasteiger partial charge is 0.360 e. The molecular formula is C24H16ClN3O2S. The first-order valence-corrected chi connectivity index (χ1v) is 10.8. The zero-order chi connectivity index (χ0) is 21.4. The summed E-state index contributed by atoms with van der Waals surface area (Å²) >= 11 is 7.67. The monoisotopic (exact) mass is 445 g/mol. The van der Waals surface area contributed by atoms with Crippen molar-refractivity contribution in [3.63, 3.8) is 0 Å².